The van der Waals surface area contributed by atoms with E-state index in [0.29, 0.717) is 54.8 Å². The molecule has 14 nitrogen and oxygen atoms in total. The quantitative estimate of drug-likeness (QED) is 0.225. The van der Waals surface area contributed by atoms with Gasteiger partial charge in [-0.25, -0.2) is 22.0 Å². The first kappa shape index (κ1) is 45.3. The SMILES string of the molecule is CC1CCC=CC2CC2(C(=O)NS(=O)(=O)C2(C)CC2)NC(=O)C2CC(Oc3nc(OC(C)C)cc4c(Cl)cccc34)CN2C(=O)C(NC(=O)OC(C)(C)C(C)(F)F)C(C)C1. The van der Waals surface area contributed by atoms with Crippen LogP contribution >= 0.6 is 11.6 Å². The van der Waals surface area contributed by atoms with E-state index in [1.807, 2.05) is 32.9 Å². The maximum atomic E-state index is 14.9. The van der Waals surface area contributed by atoms with Crippen molar-refractivity contribution in [2.24, 2.45) is 17.8 Å². The molecule has 7 unspecified atom stereocenters. The minimum absolute atomic E-state index is 0.00716. The number of benzene rings is 1. The van der Waals surface area contributed by atoms with Crippen molar-refractivity contribution in [1.29, 1.82) is 0 Å². The van der Waals surface area contributed by atoms with Crippen molar-refractivity contribution in [3.8, 4) is 11.8 Å². The second-order valence-corrected chi connectivity index (χ2v) is 20.7. The Hall–Kier alpha value is -4.25. The lowest BCUT2D eigenvalue weighted by atomic mass is 9.88. The number of nitrogens with one attached hydrogen (secondary N) is 3. The molecule has 2 saturated carbocycles. The van der Waals surface area contributed by atoms with Gasteiger partial charge in [0.05, 0.1) is 17.4 Å². The zero-order valence-electron chi connectivity index (χ0n) is 35.3. The molecule has 2 aliphatic heterocycles. The Bertz CT molecular complexity index is 2160. The number of alkyl halides is 2. The lowest BCUT2D eigenvalue weighted by molar-refractivity contribution is -0.152. The molecule has 2 aliphatic carbocycles. The van der Waals surface area contributed by atoms with Gasteiger partial charge in [-0.15, -0.1) is 0 Å². The van der Waals surface area contributed by atoms with Gasteiger partial charge in [0.15, 0.2) is 5.60 Å². The van der Waals surface area contributed by atoms with E-state index in [4.69, 9.17) is 25.8 Å². The van der Waals surface area contributed by atoms with Crippen LogP contribution < -0.4 is 24.8 Å². The van der Waals surface area contributed by atoms with Crippen LogP contribution in [0, 0.1) is 17.8 Å². The third-order valence-corrected chi connectivity index (χ3v) is 14.8. The van der Waals surface area contributed by atoms with E-state index in [-0.39, 0.29) is 43.2 Å². The Morgan fingerprint density at radius 3 is 2.45 bits per heavy atom. The third-order valence-electron chi connectivity index (χ3n) is 12.3. The summed E-state index contributed by atoms with van der Waals surface area (Å²) in [5.41, 5.74) is -3.86. The number of allylic oxidation sites excluding steroid dienone is 1. The predicted molar refractivity (Wildman–Crippen MR) is 220 cm³/mol. The van der Waals surface area contributed by atoms with Crippen LogP contribution in [0.25, 0.3) is 10.8 Å². The van der Waals surface area contributed by atoms with Gasteiger partial charge < -0.3 is 29.7 Å². The van der Waals surface area contributed by atoms with Crippen molar-refractivity contribution in [3.05, 3.63) is 41.4 Å². The highest BCUT2D eigenvalue weighted by atomic mass is 35.5. The number of nitrogens with zero attached hydrogens (tertiary/aromatic N) is 2. The molecule has 0 radical (unpaired) electrons. The van der Waals surface area contributed by atoms with Crippen molar-refractivity contribution in [3.63, 3.8) is 0 Å². The molecule has 1 saturated heterocycles. The molecule has 0 spiro atoms. The number of amides is 4. The third kappa shape index (κ3) is 9.46. The zero-order chi connectivity index (χ0) is 44.2. The molecule has 3 N–H and O–H groups in total. The lowest BCUT2D eigenvalue weighted by Gasteiger charge is -2.35. The number of aromatic nitrogens is 1. The first-order valence-corrected chi connectivity index (χ1v) is 22.4. The smallest absolute Gasteiger partial charge is 0.408 e. The Morgan fingerprint density at radius 1 is 1.10 bits per heavy atom. The number of ether oxygens (including phenoxy) is 3. The molecular weight excluding hydrogens is 824 g/mol. The fourth-order valence-corrected chi connectivity index (χ4v) is 9.35. The summed E-state index contributed by atoms with van der Waals surface area (Å²) in [7, 11) is -4.07. The largest absolute Gasteiger partial charge is 0.475 e. The highest BCUT2D eigenvalue weighted by Gasteiger charge is 2.63. The van der Waals surface area contributed by atoms with Gasteiger partial charge in [-0.1, -0.05) is 43.7 Å². The molecule has 3 fully saturated rings. The number of rotatable bonds is 10. The van der Waals surface area contributed by atoms with Crippen LogP contribution in [-0.2, 0) is 29.1 Å². The summed E-state index contributed by atoms with van der Waals surface area (Å²) in [5, 5.41) is 6.91. The Balaban J connectivity index is 1.38. The Morgan fingerprint density at radius 2 is 1.80 bits per heavy atom. The monoisotopic (exact) mass is 879 g/mol. The minimum atomic E-state index is -4.07. The number of carbonyl (C=O) groups excluding carboxylic acids is 4. The second-order valence-electron chi connectivity index (χ2n) is 18.1. The molecular formula is C42H56ClF2N5O9S. The molecule has 18 heteroatoms. The molecule has 1 aromatic heterocycles. The van der Waals surface area contributed by atoms with Gasteiger partial charge >= 0.3 is 6.09 Å². The topological polar surface area (TPSA) is 182 Å². The molecule has 0 bridgehead atoms. The first-order chi connectivity index (χ1) is 27.9. The van der Waals surface area contributed by atoms with E-state index in [1.54, 1.807) is 38.1 Å². The van der Waals surface area contributed by atoms with Gasteiger partial charge in [-0.3, -0.25) is 19.1 Å². The van der Waals surface area contributed by atoms with E-state index in [2.05, 4.69) is 20.3 Å². The van der Waals surface area contributed by atoms with E-state index in [0.717, 1.165) is 13.8 Å². The summed E-state index contributed by atoms with van der Waals surface area (Å²) in [6.45, 7) is 11.5. The molecule has 7 atom stereocenters. The number of fused-ring (bicyclic) bond motifs is 3. The summed E-state index contributed by atoms with van der Waals surface area (Å²) in [6, 6.07) is 4.22. The lowest BCUT2D eigenvalue weighted by Crippen LogP contribution is -2.59. The Kier molecular flexibility index (Phi) is 12.5. The molecule has 2 aromatic rings. The number of alkyl carbamates (subject to hydrolysis) is 1. The van der Waals surface area contributed by atoms with Crippen molar-refractivity contribution >= 4 is 56.2 Å². The summed E-state index contributed by atoms with van der Waals surface area (Å²) < 4.78 is 74.1. The fraction of sp³-hybridized carbons (Fsp3) is 0.643. The van der Waals surface area contributed by atoms with E-state index < -0.39 is 85.7 Å². The number of carbonyl (C=O) groups is 4. The molecule has 330 valence electrons. The van der Waals surface area contributed by atoms with Crippen LogP contribution in [-0.4, -0.2) is 94.8 Å². The van der Waals surface area contributed by atoms with Crippen LogP contribution in [0.3, 0.4) is 0 Å². The van der Waals surface area contributed by atoms with Crippen LogP contribution in [0.1, 0.15) is 100 Å². The molecule has 4 amide bonds. The van der Waals surface area contributed by atoms with Gasteiger partial charge in [0, 0.05) is 41.1 Å². The first-order valence-electron chi connectivity index (χ1n) is 20.5. The summed E-state index contributed by atoms with van der Waals surface area (Å²) in [4.78, 5) is 62.7. The van der Waals surface area contributed by atoms with Crippen LogP contribution in [0.15, 0.2) is 36.4 Å². The molecule has 1 aromatic carbocycles. The average Bonchev–Trinajstić information content (AvgIpc) is 4.01. The number of pyridine rings is 1. The second kappa shape index (κ2) is 16.6. The van der Waals surface area contributed by atoms with Crippen LogP contribution in [0.5, 0.6) is 11.8 Å². The summed E-state index contributed by atoms with van der Waals surface area (Å²) >= 11 is 6.58. The summed E-state index contributed by atoms with van der Waals surface area (Å²) in [5.74, 6) is -6.51. The number of halogens is 3. The van der Waals surface area contributed by atoms with Gasteiger partial charge in [0.25, 0.3) is 11.8 Å². The molecule has 3 heterocycles. The molecule has 4 aliphatic rings. The predicted octanol–water partition coefficient (Wildman–Crippen LogP) is 6.44. The number of hydrogen-bond donors (Lipinski definition) is 3. The highest BCUT2D eigenvalue weighted by Crippen LogP contribution is 2.48. The van der Waals surface area contributed by atoms with Crippen molar-refractivity contribution in [2.45, 2.75) is 146 Å². The summed E-state index contributed by atoms with van der Waals surface area (Å²) in [6.07, 6.45) is 3.76. The van der Waals surface area contributed by atoms with Gasteiger partial charge in [0.2, 0.25) is 33.6 Å². The fourth-order valence-electron chi connectivity index (χ4n) is 7.81. The molecule has 6 rings (SSSR count). The maximum Gasteiger partial charge on any atom is 0.408 e. The average molecular weight is 880 g/mol. The number of hydrogen-bond acceptors (Lipinski definition) is 10. The molecule has 60 heavy (non-hydrogen) atoms. The zero-order valence-corrected chi connectivity index (χ0v) is 36.8. The van der Waals surface area contributed by atoms with Gasteiger partial charge in [-0.05, 0) is 97.1 Å². The van der Waals surface area contributed by atoms with Crippen molar-refractivity contribution < 1.29 is 50.6 Å². The van der Waals surface area contributed by atoms with Crippen molar-refractivity contribution in [1.82, 2.24) is 25.2 Å². The highest BCUT2D eigenvalue weighted by molar-refractivity contribution is 7.91. The van der Waals surface area contributed by atoms with E-state index in [1.165, 1.54) is 4.90 Å². The normalized spacial score (nSPS) is 28.4. The number of sulfonamides is 1. The van der Waals surface area contributed by atoms with Crippen molar-refractivity contribution in [2.75, 3.05) is 6.54 Å². The Labute approximate surface area is 354 Å². The minimum Gasteiger partial charge on any atom is -0.475 e. The van der Waals surface area contributed by atoms with Crippen LogP contribution in [0.2, 0.25) is 5.02 Å². The maximum absolute atomic E-state index is 14.9. The van der Waals surface area contributed by atoms with E-state index in [9.17, 15) is 36.4 Å². The van der Waals surface area contributed by atoms with Crippen LogP contribution in [0.4, 0.5) is 13.6 Å². The standard InChI is InChI=1S/C42H56ClF2N5O9S/c1-23(2)57-32-20-29-28(14-11-15-30(29)43)35(46-32)58-27-19-31-34(51)48-42(37(53)49-60(55,56)40(7)16-17-40)21-26(42)13-10-9-12-24(3)18-25(4)33(36(52)50(31)22-27)47-38(54)59-39(5,6)41(8,44)45/h10-11,13-15,20,23-27,31,33H,9,12,16-19,21-22H2,1-8H3,(H,47,54)(H,48,51)(H,49,53). The van der Waals surface area contributed by atoms with Gasteiger partial charge in [-0.2, -0.15) is 4.98 Å². The van der Waals surface area contributed by atoms with E-state index >= 15 is 0 Å². The van der Waals surface area contributed by atoms with Gasteiger partial charge in [0.1, 0.15) is 23.7 Å².